The predicted molar refractivity (Wildman–Crippen MR) is 77.0 cm³/mol. The Morgan fingerprint density at radius 3 is 2.74 bits per heavy atom. The van der Waals surface area contributed by atoms with E-state index in [0.717, 1.165) is 37.1 Å². The Kier molecular flexibility index (Phi) is 6.92. The standard InChI is InChI=1S/C14H23N3O2/c1-11-10-12(6-7-13(11)17-15)14(18)16-8-4-3-5-9-19-2/h6-7,10,17H,3-5,8-9,15H2,1-2H3,(H,16,18). The first-order valence-corrected chi connectivity index (χ1v) is 6.53. The van der Waals surface area contributed by atoms with Crippen LogP contribution in [-0.4, -0.2) is 26.2 Å². The number of anilines is 1. The van der Waals surface area contributed by atoms with Crippen LogP contribution in [0.15, 0.2) is 18.2 Å². The first-order chi connectivity index (χ1) is 9.19. The van der Waals surface area contributed by atoms with E-state index in [9.17, 15) is 4.79 Å². The summed E-state index contributed by atoms with van der Waals surface area (Å²) < 4.78 is 4.97. The quantitative estimate of drug-likeness (QED) is 0.381. The molecule has 106 valence electrons. The van der Waals surface area contributed by atoms with E-state index in [1.54, 1.807) is 13.2 Å². The van der Waals surface area contributed by atoms with E-state index >= 15 is 0 Å². The van der Waals surface area contributed by atoms with Gasteiger partial charge in [0.15, 0.2) is 0 Å². The SMILES string of the molecule is COCCCCCNC(=O)c1ccc(NN)c(C)c1. The van der Waals surface area contributed by atoms with Crippen LogP contribution in [0, 0.1) is 6.92 Å². The molecule has 0 atom stereocenters. The van der Waals surface area contributed by atoms with Gasteiger partial charge in [0.25, 0.3) is 5.91 Å². The Hall–Kier alpha value is -1.59. The van der Waals surface area contributed by atoms with E-state index in [1.807, 2.05) is 19.1 Å². The first-order valence-electron chi connectivity index (χ1n) is 6.53. The number of unbranched alkanes of at least 4 members (excludes halogenated alkanes) is 2. The fourth-order valence-corrected chi connectivity index (χ4v) is 1.82. The summed E-state index contributed by atoms with van der Waals surface area (Å²) >= 11 is 0. The van der Waals surface area contributed by atoms with Crippen LogP contribution in [0.3, 0.4) is 0 Å². The molecular formula is C14H23N3O2. The highest BCUT2D eigenvalue weighted by Gasteiger charge is 2.06. The van der Waals surface area contributed by atoms with Gasteiger partial charge in [0, 0.05) is 25.8 Å². The minimum atomic E-state index is -0.0431. The molecule has 1 aromatic rings. The van der Waals surface area contributed by atoms with Gasteiger partial charge in [0.1, 0.15) is 0 Å². The number of carbonyl (C=O) groups is 1. The molecule has 5 nitrogen and oxygen atoms in total. The first kappa shape index (κ1) is 15.5. The summed E-state index contributed by atoms with van der Waals surface area (Å²) in [6.07, 6.45) is 3.06. The molecule has 0 aliphatic heterocycles. The molecule has 1 amide bonds. The molecule has 0 radical (unpaired) electrons. The smallest absolute Gasteiger partial charge is 0.251 e. The fourth-order valence-electron chi connectivity index (χ4n) is 1.82. The zero-order chi connectivity index (χ0) is 14.1. The van der Waals surface area contributed by atoms with Crippen LogP contribution < -0.4 is 16.6 Å². The molecule has 5 heteroatoms. The van der Waals surface area contributed by atoms with Gasteiger partial charge in [-0.05, 0) is 49.9 Å². The van der Waals surface area contributed by atoms with E-state index in [4.69, 9.17) is 10.6 Å². The van der Waals surface area contributed by atoms with Gasteiger partial charge in [-0.3, -0.25) is 10.6 Å². The predicted octanol–water partition coefficient (Wildman–Crippen LogP) is 1.83. The van der Waals surface area contributed by atoms with Crippen molar-refractivity contribution < 1.29 is 9.53 Å². The Balaban J connectivity index is 2.35. The number of nitrogens with two attached hydrogens (primary N) is 1. The number of hydrogen-bond donors (Lipinski definition) is 3. The van der Waals surface area contributed by atoms with Gasteiger partial charge in [-0.15, -0.1) is 0 Å². The minimum absolute atomic E-state index is 0.0431. The topological polar surface area (TPSA) is 76.4 Å². The molecule has 0 aromatic heterocycles. The molecule has 0 aliphatic carbocycles. The average molecular weight is 265 g/mol. The Labute approximate surface area is 114 Å². The van der Waals surface area contributed by atoms with E-state index in [-0.39, 0.29) is 5.91 Å². The van der Waals surface area contributed by atoms with Crippen LogP contribution in [0.25, 0.3) is 0 Å². The maximum absolute atomic E-state index is 11.9. The van der Waals surface area contributed by atoms with E-state index in [0.29, 0.717) is 12.1 Å². The Bertz CT molecular complexity index is 408. The van der Waals surface area contributed by atoms with Crippen molar-refractivity contribution in [2.24, 2.45) is 5.84 Å². The second-order valence-corrected chi connectivity index (χ2v) is 4.48. The van der Waals surface area contributed by atoms with E-state index < -0.39 is 0 Å². The highest BCUT2D eigenvalue weighted by Crippen LogP contribution is 2.15. The second kappa shape index (κ2) is 8.50. The molecule has 0 saturated heterocycles. The van der Waals surface area contributed by atoms with Crippen LogP contribution in [0.1, 0.15) is 35.2 Å². The van der Waals surface area contributed by atoms with Crippen LogP contribution in [0.5, 0.6) is 0 Å². The molecule has 1 aromatic carbocycles. The van der Waals surface area contributed by atoms with Gasteiger partial charge in [-0.25, -0.2) is 0 Å². The maximum atomic E-state index is 11.9. The van der Waals surface area contributed by atoms with Gasteiger partial charge in [0.05, 0.1) is 5.69 Å². The van der Waals surface area contributed by atoms with Gasteiger partial charge in [0.2, 0.25) is 0 Å². The summed E-state index contributed by atoms with van der Waals surface area (Å²) in [4.78, 5) is 11.9. The number of rotatable bonds is 8. The third kappa shape index (κ3) is 5.28. The lowest BCUT2D eigenvalue weighted by Gasteiger charge is -2.08. The number of ether oxygens (including phenoxy) is 1. The van der Waals surface area contributed by atoms with Crippen LogP contribution in [0.2, 0.25) is 0 Å². The van der Waals surface area contributed by atoms with Crippen molar-refractivity contribution in [3.63, 3.8) is 0 Å². The molecule has 0 unspecified atom stereocenters. The average Bonchev–Trinajstić information content (AvgIpc) is 2.42. The zero-order valence-electron chi connectivity index (χ0n) is 11.7. The van der Waals surface area contributed by atoms with E-state index in [2.05, 4.69) is 10.7 Å². The summed E-state index contributed by atoms with van der Waals surface area (Å²) in [5.41, 5.74) is 5.03. The molecular weight excluding hydrogens is 242 g/mol. The molecule has 0 bridgehead atoms. The minimum Gasteiger partial charge on any atom is -0.385 e. The number of benzene rings is 1. The third-order valence-corrected chi connectivity index (χ3v) is 2.95. The Morgan fingerprint density at radius 2 is 2.11 bits per heavy atom. The van der Waals surface area contributed by atoms with Crippen molar-refractivity contribution in [3.05, 3.63) is 29.3 Å². The molecule has 1 rings (SSSR count). The summed E-state index contributed by atoms with van der Waals surface area (Å²) in [5.74, 6) is 5.31. The summed E-state index contributed by atoms with van der Waals surface area (Å²) in [6.45, 7) is 3.38. The van der Waals surface area contributed by atoms with Gasteiger partial charge < -0.3 is 15.5 Å². The van der Waals surface area contributed by atoms with Crippen molar-refractivity contribution in [2.45, 2.75) is 26.2 Å². The summed E-state index contributed by atoms with van der Waals surface area (Å²) in [7, 11) is 1.70. The lowest BCUT2D eigenvalue weighted by atomic mass is 10.1. The lowest BCUT2D eigenvalue weighted by Crippen LogP contribution is -2.24. The highest BCUT2D eigenvalue weighted by atomic mass is 16.5. The monoisotopic (exact) mass is 265 g/mol. The highest BCUT2D eigenvalue weighted by molar-refractivity contribution is 5.94. The van der Waals surface area contributed by atoms with Crippen molar-refractivity contribution in [1.29, 1.82) is 0 Å². The largest absolute Gasteiger partial charge is 0.385 e. The number of aryl methyl sites for hydroxylation is 1. The number of hydrazine groups is 1. The number of nitrogen functional groups attached to an aromatic ring is 1. The summed E-state index contributed by atoms with van der Waals surface area (Å²) in [5, 5.41) is 2.91. The molecule has 0 spiro atoms. The van der Waals surface area contributed by atoms with Crippen molar-refractivity contribution >= 4 is 11.6 Å². The number of hydrogen-bond acceptors (Lipinski definition) is 4. The van der Waals surface area contributed by atoms with Crippen LogP contribution in [-0.2, 0) is 4.74 Å². The van der Waals surface area contributed by atoms with Gasteiger partial charge >= 0.3 is 0 Å². The van der Waals surface area contributed by atoms with Crippen molar-refractivity contribution in [3.8, 4) is 0 Å². The van der Waals surface area contributed by atoms with Gasteiger partial charge in [-0.2, -0.15) is 0 Å². The number of methoxy groups -OCH3 is 1. The normalized spacial score (nSPS) is 10.3. The molecule has 0 fully saturated rings. The van der Waals surface area contributed by atoms with Crippen LogP contribution >= 0.6 is 0 Å². The zero-order valence-corrected chi connectivity index (χ0v) is 11.7. The molecule has 4 N–H and O–H groups in total. The molecule has 0 saturated carbocycles. The summed E-state index contributed by atoms with van der Waals surface area (Å²) in [6, 6.07) is 5.40. The van der Waals surface area contributed by atoms with Crippen LogP contribution in [0.4, 0.5) is 5.69 Å². The number of amides is 1. The maximum Gasteiger partial charge on any atom is 0.251 e. The Morgan fingerprint density at radius 1 is 1.32 bits per heavy atom. The molecule has 0 heterocycles. The van der Waals surface area contributed by atoms with Crippen molar-refractivity contribution in [1.82, 2.24) is 5.32 Å². The molecule has 19 heavy (non-hydrogen) atoms. The fraction of sp³-hybridized carbons (Fsp3) is 0.500. The second-order valence-electron chi connectivity index (χ2n) is 4.48. The number of nitrogens with one attached hydrogen (secondary N) is 2. The lowest BCUT2D eigenvalue weighted by molar-refractivity contribution is 0.0952. The van der Waals surface area contributed by atoms with E-state index in [1.165, 1.54) is 0 Å². The number of carbonyl (C=O) groups excluding carboxylic acids is 1. The van der Waals surface area contributed by atoms with Gasteiger partial charge in [-0.1, -0.05) is 0 Å². The molecule has 0 aliphatic rings. The third-order valence-electron chi connectivity index (χ3n) is 2.95. The van der Waals surface area contributed by atoms with Crippen molar-refractivity contribution in [2.75, 3.05) is 25.7 Å².